The zero-order valence-electron chi connectivity index (χ0n) is 16.4. The predicted molar refractivity (Wildman–Crippen MR) is 103 cm³/mol. The van der Waals surface area contributed by atoms with E-state index in [0.29, 0.717) is 0 Å². The summed E-state index contributed by atoms with van der Waals surface area (Å²) in [5, 5.41) is 8.62. The van der Waals surface area contributed by atoms with Crippen LogP contribution in [0.4, 0.5) is 4.79 Å². The van der Waals surface area contributed by atoms with E-state index in [9.17, 15) is 4.79 Å². The van der Waals surface area contributed by atoms with Crippen LogP contribution >= 0.6 is 0 Å². The molecule has 0 saturated carbocycles. The Bertz CT molecular complexity index is 266. The van der Waals surface area contributed by atoms with Crippen molar-refractivity contribution in [3.05, 3.63) is 0 Å². The summed E-state index contributed by atoms with van der Waals surface area (Å²) in [7, 11) is 0. The number of carbonyl (C=O) groups is 1. The molecule has 0 heterocycles. The van der Waals surface area contributed by atoms with Gasteiger partial charge in [-0.1, -0.05) is 104 Å². The Morgan fingerprint density at radius 1 is 0.708 bits per heavy atom. The van der Waals surface area contributed by atoms with Gasteiger partial charge in [-0.3, -0.25) is 0 Å². The van der Waals surface area contributed by atoms with Gasteiger partial charge in [0.2, 0.25) is 0 Å². The van der Waals surface area contributed by atoms with Gasteiger partial charge in [0.05, 0.1) is 0 Å². The Morgan fingerprint density at radius 3 is 1.42 bits per heavy atom. The highest BCUT2D eigenvalue weighted by atomic mass is 16.7. The molecule has 0 aromatic carbocycles. The largest absolute Gasteiger partial charge is 0.506 e. The first-order chi connectivity index (χ1) is 11.7. The second-order valence-electron chi connectivity index (χ2n) is 7.15. The molecule has 0 radical (unpaired) electrons. The van der Waals surface area contributed by atoms with Crippen molar-refractivity contribution in [2.24, 2.45) is 0 Å². The Hall–Kier alpha value is -0.730. The monoisotopic (exact) mass is 342 g/mol. The fourth-order valence-electron chi connectivity index (χ4n) is 3.23. The summed E-state index contributed by atoms with van der Waals surface area (Å²) in [6.07, 6.45) is 20.8. The Labute approximate surface area is 150 Å². The molecule has 0 spiro atoms. The molecule has 0 rings (SSSR count). The van der Waals surface area contributed by atoms with Crippen LogP contribution in [0, 0.1) is 0 Å². The van der Waals surface area contributed by atoms with Crippen molar-refractivity contribution < 1.29 is 14.6 Å². The van der Waals surface area contributed by atoms with Gasteiger partial charge in [0.25, 0.3) is 0 Å². The highest BCUT2D eigenvalue weighted by Crippen LogP contribution is 2.15. The van der Waals surface area contributed by atoms with Crippen LogP contribution < -0.4 is 0 Å². The van der Waals surface area contributed by atoms with Gasteiger partial charge in [-0.25, -0.2) is 4.79 Å². The van der Waals surface area contributed by atoms with Crippen LogP contribution in [0.2, 0.25) is 0 Å². The molecule has 0 aliphatic carbocycles. The fraction of sp³-hybridized carbons (Fsp3) is 0.952. The fourth-order valence-corrected chi connectivity index (χ4v) is 3.23. The van der Waals surface area contributed by atoms with Gasteiger partial charge in [-0.2, -0.15) is 0 Å². The van der Waals surface area contributed by atoms with Gasteiger partial charge >= 0.3 is 6.16 Å². The van der Waals surface area contributed by atoms with Gasteiger partial charge in [-0.15, -0.1) is 0 Å². The van der Waals surface area contributed by atoms with Crippen molar-refractivity contribution in [3.63, 3.8) is 0 Å². The van der Waals surface area contributed by atoms with Crippen LogP contribution in [0.1, 0.15) is 123 Å². The zero-order valence-corrected chi connectivity index (χ0v) is 16.4. The standard InChI is InChI=1S/C21H42O3/c1-3-5-6-7-8-9-10-11-12-13-14-15-16-17-18-19-20(4-2)24-21(22)23/h20H,3-19H2,1-2H3,(H,22,23). The number of hydrogen-bond acceptors (Lipinski definition) is 2. The van der Waals surface area contributed by atoms with Crippen LogP contribution in [-0.2, 0) is 4.74 Å². The lowest BCUT2D eigenvalue weighted by Gasteiger charge is -2.13. The van der Waals surface area contributed by atoms with E-state index in [0.717, 1.165) is 19.3 Å². The molecule has 24 heavy (non-hydrogen) atoms. The first kappa shape index (κ1) is 23.3. The minimum absolute atomic E-state index is 0.107. The molecule has 0 fully saturated rings. The predicted octanol–water partition coefficient (Wildman–Crippen LogP) is 7.72. The Morgan fingerprint density at radius 2 is 1.08 bits per heavy atom. The SMILES string of the molecule is CCCCCCCCCCCCCCCCCC(CC)OC(=O)O. The summed E-state index contributed by atoms with van der Waals surface area (Å²) in [6.45, 7) is 4.26. The van der Waals surface area contributed by atoms with Crippen LogP contribution in [-0.4, -0.2) is 17.4 Å². The van der Waals surface area contributed by atoms with Crippen molar-refractivity contribution in [1.29, 1.82) is 0 Å². The molecular weight excluding hydrogens is 300 g/mol. The number of unbranched alkanes of at least 4 members (excludes halogenated alkanes) is 14. The third-order valence-electron chi connectivity index (χ3n) is 4.85. The Kier molecular flexibility index (Phi) is 18.0. The summed E-state index contributed by atoms with van der Waals surface area (Å²) < 4.78 is 4.84. The van der Waals surface area contributed by atoms with Gasteiger partial charge < -0.3 is 9.84 Å². The van der Waals surface area contributed by atoms with Crippen molar-refractivity contribution in [2.45, 2.75) is 129 Å². The summed E-state index contributed by atoms with van der Waals surface area (Å²) in [6, 6.07) is 0. The molecule has 0 aliphatic rings. The lowest BCUT2D eigenvalue weighted by Crippen LogP contribution is -2.15. The van der Waals surface area contributed by atoms with Crippen LogP contribution in [0.15, 0.2) is 0 Å². The molecule has 0 aromatic heterocycles. The number of rotatable bonds is 18. The summed E-state index contributed by atoms with van der Waals surface area (Å²) >= 11 is 0. The molecule has 1 N–H and O–H groups in total. The van der Waals surface area contributed by atoms with E-state index >= 15 is 0 Å². The minimum Gasteiger partial charge on any atom is -0.450 e. The Balaban J connectivity index is 3.16. The van der Waals surface area contributed by atoms with E-state index in [1.807, 2.05) is 6.92 Å². The molecule has 0 amide bonds. The zero-order chi connectivity index (χ0) is 17.9. The average molecular weight is 343 g/mol. The highest BCUT2D eigenvalue weighted by Gasteiger charge is 2.10. The summed E-state index contributed by atoms with van der Waals surface area (Å²) in [4.78, 5) is 10.5. The van der Waals surface area contributed by atoms with Crippen LogP contribution in [0.3, 0.4) is 0 Å². The maximum atomic E-state index is 10.5. The van der Waals surface area contributed by atoms with E-state index in [2.05, 4.69) is 6.92 Å². The van der Waals surface area contributed by atoms with Crippen molar-refractivity contribution in [3.8, 4) is 0 Å². The topological polar surface area (TPSA) is 46.5 Å². The quantitative estimate of drug-likeness (QED) is 0.205. The van der Waals surface area contributed by atoms with Gasteiger partial charge in [0, 0.05) is 0 Å². The van der Waals surface area contributed by atoms with Gasteiger partial charge in [0.15, 0.2) is 0 Å². The molecule has 0 saturated heterocycles. The van der Waals surface area contributed by atoms with Crippen LogP contribution in [0.5, 0.6) is 0 Å². The van der Waals surface area contributed by atoms with Gasteiger partial charge in [-0.05, 0) is 19.3 Å². The molecular formula is C21H42O3. The second-order valence-corrected chi connectivity index (χ2v) is 7.15. The minimum atomic E-state index is -1.14. The summed E-state index contributed by atoms with van der Waals surface area (Å²) in [5.41, 5.74) is 0. The lowest BCUT2D eigenvalue weighted by atomic mass is 10.0. The number of ether oxygens (including phenoxy) is 1. The maximum absolute atomic E-state index is 10.5. The first-order valence-corrected chi connectivity index (χ1v) is 10.6. The molecule has 144 valence electrons. The first-order valence-electron chi connectivity index (χ1n) is 10.6. The molecule has 3 heteroatoms. The van der Waals surface area contributed by atoms with Crippen molar-refractivity contribution in [2.75, 3.05) is 0 Å². The molecule has 1 atom stereocenters. The highest BCUT2D eigenvalue weighted by molar-refractivity contribution is 5.57. The molecule has 0 aromatic rings. The van der Waals surface area contributed by atoms with Crippen molar-refractivity contribution >= 4 is 6.16 Å². The van der Waals surface area contributed by atoms with E-state index in [1.54, 1.807) is 0 Å². The maximum Gasteiger partial charge on any atom is 0.506 e. The van der Waals surface area contributed by atoms with Gasteiger partial charge in [0.1, 0.15) is 6.10 Å². The van der Waals surface area contributed by atoms with Crippen LogP contribution in [0.25, 0.3) is 0 Å². The third kappa shape index (κ3) is 17.6. The molecule has 3 nitrogen and oxygen atoms in total. The van der Waals surface area contributed by atoms with Crippen molar-refractivity contribution in [1.82, 2.24) is 0 Å². The lowest BCUT2D eigenvalue weighted by molar-refractivity contribution is 0.0454. The third-order valence-corrected chi connectivity index (χ3v) is 4.85. The normalized spacial score (nSPS) is 12.2. The molecule has 0 bridgehead atoms. The van der Waals surface area contributed by atoms with E-state index < -0.39 is 6.16 Å². The van der Waals surface area contributed by atoms with E-state index in [1.165, 1.54) is 89.9 Å². The average Bonchev–Trinajstić information content (AvgIpc) is 2.56. The van der Waals surface area contributed by atoms with E-state index in [-0.39, 0.29) is 6.10 Å². The van der Waals surface area contributed by atoms with E-state index in [4.69, 9.17) is 9.84 Å². The number of hydrogen-bond donors (Lipinski definition) is 1. The second kappa shape index (κ2) is 18.6. The summed E-state index contributed by atoms with van der Waals surface area (Å²) in [5.74, 6) is 0. The number of carboxylic acid groups (broad SMARTS) is 1. The smallest absolute Gasteiger partial charge is 0.450 e. The molecule has 1 unspecified atom stereocenters. The molecule has 0 aliphatic heterocycles.